The summed E-state index contributed by atoms with van der Waals surface area (Å²) in [7, 11) is 1.75. The Morgan fingerprint density at radius 1 is 1.24 bits per heavy atom. The van der Waals surface area contributed by atoms with E-state index in [4.69, 9.17) is 0 Å². The molecule has 1 aromatic carbocycles. The number of rotatable bonds is 4. The van der Waals surface area contributed by atoms with Crippen LogP contribution in [0.3, 0.4) is 0 Å². The van der Waals surface area contributed by atoms with Crippen LogP contribution in [0.2, 0.25) is 0 Å². The third-order valence-electron chi connectivity index (χ3n) is 2.91. The number of nitrogens with zero attached hydrogens (tertiary/aromatic N) is 2. The number of benzene rings is 1. The van der Waals surface area contributed by atoms with E-state index in [0.29, 0.717) is 17.2 Å². The maximum Gasteiger partial charge on any atom is 0.276 e. The average molecular weight is 396 g/mol. The molecule has 110 valence electrons. The lowest BCUT2D eigenvalue weighted by atomic mass is 10.2. The maximum atomic E-state index is 12.4. The number of aromatic nitrogens is 2. The van der Waals surface area contributed by atoms with Crippen LogP contribution in [0.4, 0.5) is 11.4 Å². The normalized spacial score (nSPS) is 10.5. The van der Waals surface area contributed by atoms with Gasteiger partial charge in [0.2, 0.25) is 0 Å². The van der Waals surface area contributed by atoms with E-state index in [1.165, 1.54) is 0 Å². The van der Waals surface area contributed by atoms with Gasteiger partial charge in [0.15, 0.2) is 5.69 Å². The van der Waals surface area contributed by atoms with Crippen LogP contribution in [0, 0.1) is 3.57 Å². The van der Waals surface area contributed by atoms with Gasteiger partial charge in [0.25, 0.3) is 5.91 Å². The number of anilines is 2. The van der Waals surface area contributed by atoms with E-state index in [1.807, 2.05) is 38.1 Å². The van der Waals surface area contributed by atoms with Gasteiger partial charge in [-0.2, -0.15) is 0 Å². The summed E-state index contributed by atoms with van der Waals surface area (Å²) in [6.45, 7) is 3.99. The molecule has 1 heterocycles. The molecule has 0 aliphatic rings. The molecule has 0 radical (unpaired) electrons. The van der Waals surface area contributed by atoms with Crippen molar-refractivity contribution in [2.45, 2.75) is 19.8 Å². The van der Waals surface area contributed by atoms with Gasteiger partial charge >= 0.3 is 0 Å². The third kappa shape index (κ3) is 3.90. The predicted molar refractivity (Wildman–Crippen MR) is 92.8 cm³/mol. The van der Waals surface area contributed by atoms with E-state index in [0.717, 1.165) is 9.26 Å². The molecule has 5 nitrogen and oxygen atoms in total. The van der Waals surface area contributed by atoms with Crippen molar-refractivity contribution in [3.63, 3.8) is 0 Å². The molecular formula is C15H17IN4O. The van der Waals surface area contributed by atoms with Crippen LogP contribution in [0.25, 0.3) is 0 Å². The molecule has 0 saturated carbocycles. The molecule has 1 amide bonds. The van der Waals surface area contributed by atoms with Gasteiger partial charge in [-0.25, -0.2) is 9.97 Å². The Labute approximate surface area is 137 Å². The molecule has 0 bridgehead atoms. The number of halogens is 1. The minimum absolute atomic E-state index is 0.167. The van der Waals surface area contributed by atoms with Crippen LogP contribution in [0.1, 0.15) is 36.1 Å². The summed E-state index contributed by atoms with van der Waals surface area (Å²) >= 11 is 2.22. The summed E-state index contributed by atoms with van der Waals surface area (Å²) < 4.78 is 1.12. The van der Waals surface area contributed by atoms with Crippen molar-refractivity contribution in [3.05, 3.63) is 45.6 Å². The number of nitrogens with one attached hydrogen (secondary N) is 2. The lowest BCUT2D eigenvalue weighted by Gasteiger charge is -2.11. The minimum Gasteiger partial charge on any atom is -0.385 e. The first-order chi connectivity index (χ1) is 10.0. The van der Waals surface area contributed by atoms with Crippen molar-refractivity contribution in [1.29, 1.82) is 0 Å². The first-order valence-corrected chi connectivity index (χ1v) is 7.70. The zero-order chi connectivity index (χ0) is 15.4. The van der Waals surface area contributed by atoms with Gasteiger partial charge < -0.3 is 10.6 Å². The summed E-state index contributed by atoms with van der Waals surface area (Å²) in [5.41, 5.74) is 1.71. The quantitative estimate of drug-likeness (QED) is 0.777. The highest BCUT2D eigenvalue weighted by Gasteiger charge is 2.16. The van der Waals surface area contributed by atoms with E-state index >= 15 is 0 Å². The molecule has 0 fully saturated rings. The summed E-state index contributed by atoms with van der Waals surface area (Å²) in [5, 5.41) is 5.80. The summed E-state index contributed by atoms with van der Waals surface area (Å²) in [6.07, 6.45) is 1.64. The lowest BCUT2D eigenvalue weighted by Crippen LogP contribution is -2.17. The van der Waals surface area contributed by atoms with Crippen LogP contribution in [-0.4, -0.2) is 22.9 Å². The van der Waals surface area contributed by atoms with Crippen LogP contribution in [0.5, 0.6) is 0 Å². The SMILES string of the molecule is CNc1cnc(C(C)C)nc1C(=O)Nc1ccc(I)cc1. The number of hydrogen-bond donors (Lipinski definition) is 2. The van der Waals surface area contributed by atoms with Crippen LogP contribution >= 0.6 is 22.6 Å². The Morgan fingerprint density at radius 3 is 2.48 bits per heavy atom. The zero-order valence-electron chi connectivity index (χ0n) is 12.1. The summed E-state index contributed by atoms with van der Waals surface area (Å²) in [4.78, 5) is 21.0. The van der Waals surface area contributed by atoms with Gasteiger partial charge in [-0.1, -0.05) is 13.8 Å². The highest BCUT2D eigenvalue weighted by molar-refractivity contribution is 14.1. The minimum atomic E-state index is -0.246. The second kappa shape index (κ2) is 6.84. The zero-order valence-corrected chi connectivity index (χ0v) is 14.3. The van der Waals surface area contributed by atoms with Crippen LogP contribution < -0.4 is 10.6 Å². The highest BCUT2D eigenvalue weighted by atomic mass is 127. The van der Waals surface area contributed by atoms with Gasteiger partial charge in [-0.15, -0.1) is 0 Å². The fourth-order valence-corrected chi connectivity index (χ4v) is 2.11. The molecule has 0 unspecified atom stereocenters. The molecule has 6 heteroatoms. The number of amides is 1. The van der Waals surface area contributed by atoms with Crippen molar-refractivity contribution in [2.24, 2.45) is 0 Å². The molecular weight excluding hydrogens is 379 g/mol. The van der Waals surface area contributed by atoms with Crippen molar-refractivity contribution in [3.8, 4) is 0 Å². The monoisotopic (exact) mass is 396 g/mol. The number of carbonyl (C=O) groups is 1. The summed E-state index contributed by atoms with van der Waals surface area (Å²) in [5.74, 6) is 0.576. The van der Waals surface area contributed by atoms with Crippen molar-refractivity contribution in [2.75, 3.05) is 17.7 Å². The predicted octanol–water partition coefficient (Wildman–Crippen LogP) is 3.50. The second-order valence-electron chi connectivity index (χ2n) is 4.86. The van der Waals surface area contributed by atoms with Crippen LogP contribution in [-0.2, 0) is 0 Å². The first-order valence-electron chi connectivity index (χ1n) is 6.63. The fourth-order valence-electron chi connectivity index (χ4n) is 1.75. The van der Waals surface area contributed by atoms with Gasteiger partial charge in [0.05, 0.1) is 11.9 Å². The molecule has 0 aliphatic heterocycles. The van der Waals surface area contributed by atoms with Gasteiger partial charge in [-0.05, 0) is 46.9 Å². The Hall–Kier alpha value is -1.70. The van der Waals surface area contributed by atoms with E-state index in [2.05, 4.69) is 43.2 Å². The van der Waals surface area contributed by atoms with Gasteiger partial charge in [0, 0.05) is 22.2 Å². The standard InChI is InChI=1S/C15H17IN4O/c1-9(2)14-18-8-12(17-3)13(20-14)15(21)19-11-6-4-10(16)5-7-11/h4-9,17H,1-3H3,(H,19,21). The van der Waals surface area contributed by atoms with Gasteiger partial charge in [-0.3, -0.25) is 4.79 Å². The Balaban J connectivity index is 2.28. The molecule has 0 atom stereocenters. The van der Waals surface area contributed by atoms with E-state index in [1.54, 1.807) is 13.2 Å². The molecule has 1 aromatic heterocycles. The Morgan fingerprint density at radius 2 is 1.90 bits per heavy atom. The van der Waals surface area contributed by atoms with Crippen molar-refractivity contribution < 1.29 is 4.79 Å². The molecule has 2 rings (SSSR count). The largest absolute Gasteiger partial charge is 0.385 e. The topological polar surface area (TPSA) is 66.9 Å². The summed E-state index contributed by atoms with van der Waals surface area (Å²) in [6, 6.07) is 7.61. The second-order valence-corrected chi connectivity index (χ2v) is 6.10. The average Bonchev–Trinajstić information content (AvgIpc) is 2.48. The van der Waals surface area contributed by atoms with Crippen LogP contribution in [0.15, 0.2) is 30.5 Å². The molecule has 2 aromatic rings. The number of carbonyl (C=O) groups excluding carboxylic acids is 1. The maximum absolute atomic E-state index is 12.4. The van der Waals surface area contributed by atoms with Crippen molar-refractivity contribution in [1.82, 2.24) is 9.97 Å². The smallest absolute Gasteiger partial charge is 0.276 e. The van der Waals surface area contributed by atoms with E-state index in [9.17, 15) is 4.79 Å². The van der Waals surface area contributed by atoms with Gasteiger partial charge in [0.1, 0.15) is 5.82 Å². The first kappa shape index (κ1) is 15.7. The fraction of sp³-hybridized carbons (Fsp3) is 0.267. The third-order valence-corrected chi connectivity index (χ3v) is 3.63. The molecule has 2 N–H and O–H groups in total. The molecule has 0 saturated heterocycles. The van der Waals surface area contributed by atoms with Crippen molar-refractivity contribution >= 4 is 39.9 Å². The Bertz CT molecular complexity index is 641. The molecule has 21 heavy (non-hydrogen) atoms. The lowest BCUT2D eigenvalue weighted by molar-refractivity contribution is 0.102. The van der Waals surface area contributed by atoms with E-state index < -0.39 is 0 Å². The molecule has 0 spiro atoms. The Kier molecular flexibility index (Phi) is 5.11. The number of hydrogen-bond acceptors (Lipinski definition) is 4. The van der Waals surface area contributed by atoms with E-state index in [-0.39, 0.29) is 11.8 Å². The molecule has 0 aliphatic carbocycles. The highest BCUT2D eigenvalue weighted by Crippen LogP contribution is 2.18.